The maximum atomic E-state index is 11.1. The van der Waals surface area contributed by atoms with Crippen LogP contribution in [0.15, 0.2) is 0 Å². The molecule has 0 bridgehead atoms. The van der Waals surface area contributed by atoms with Crippen molar-refractivity contribution in [3.05, 3.63) is 0 Å². The van der Waals surface area contributed by atoms with Gasteiger partial charge in [-0.05, 0) is 0 Å². The lowest BCUT2D eigenvalue weighted by atomic mass is 10.5. The van der Waals surface area contributed by atoms with Gasteiger partial charge in [0.25, 0.3) is 0 Å². The maximum Gasteiger partial charge on any atom is 0.338 e. The molecule has 72 valence electrons. The Labute approximate surface area is 79.6 Å². The highest BCUT2D eigenvalue weighted by atomic mass is 28.1. The van der Waals surface area contributed by atoms with Crippen LogP contribution in [-0.4, -0.2) is 47.6 Å². The van der Waals surface area contributed by atoms with E-state index < -0.39 is 11.5 Å². The minimum atomic E-state index is -0.567. The zero-order chi connectivity index (χ0) is 9.68. The molecule has 1 atom stereocenters. The standard InChI is InChI=1S/C7H12N2O3Si/c8-5-6(13)7(10)12-9-1-3-11-4-2-9/h6H,1-4H2,13H3. The summed E-state index contributed by atoms with van der Waals surface area (Å²) in [5.41, 5.74) is -0.567. The lowest BCUT2D eigenvalue weighted by Gasteiger charge is -2.25. The fourth-order valence-electron chi connectivity index (χ4n) is 0.897. The van der Waals surface area contributed by atoms with E-state index in [1.807, 2.05) is 6.07 Å². The minimum Gasteiger partial charge on any atom is -0.379 e. The summed E-state index contributed by atoms with van der Waals surface area (Å²) in [5, 5.41) is 10.0. The third kappa shape index (κ3) is 3.14. The van der Waals surface area contributed by atoms with E-state index in [2.05, 4.69) is 0 Å². The van der Waals surface area contributed by atoms with Crippen molar-refractivity contribution in [1.82, 2.24) is 5.06 Å². The highest BCUT2D eigenvalue weighted by Crippen LogP contribution is 2.04. The fraction of sp³-hybridized carbons (Fsp3) is 0.714. The fourth-order valence-corrected chi connectivity index (χ4v) is 1.00. The molecule has 0 saturated carbocycles. The summed E-state index contributed by atoms with van der Waals surface area (Å²) in [4.78, 5) is 16.1. The summed E-state index contributed by atoms with van der Waals surface area (Å²) in [5.74, 6) is -0.434. The van der Waals surface area contributed by atoms with Crippen LogP contribution >= 0.6 is 0 Å². The Morgan fingerprint density at radius 3 is 2.77 bits per heavy atom. The highest BCUT2D eigenvalue weighted by Gasteiger charge is 2.19. The number of carbonyl (C=O) groups is 1. The van der Waals surface area contributed by atoms with Crippen molar-refractivity contribution < 1.29 is 14.4 Å². The van der Waals surface area contributed by atoms with Gasteiger partial charge in [0.1, 0.15) is 5.54 Å². The third-order valence-corrected chi connectivity index (χ3v) is 2.47. The molecule has 1 rings (SSSR count). The Morgan fingerprint density at radius 2 is 2.23 bits per heavy atom. The van der Waals surface area contributed by atoms with Crippen molar-refractivity contribution >= 4 is 16.2 Å². The molecule has 1 aliphatic rings. The van der Waals surface area contributed by atoms with Crippen molar-refractivity contribution in [2.24, 2.45) is 0 Å². The maximum absolute atomic E-state index is 11.1. The molecule has 0 amide bonds. The first kappa shape index (κ1) is 10.2. The van der Waals surface area contributed by atoms with E-state index >= 15 is 0 Å². The predicted molar refractivity (Wildman–Crippen MR) is 47.8 cm³/mol. The Kier molecular flexibility index (Phi) is 3.89. The zero-order valence-electron chi connectivity index (χ0n) is 7.52. The van der Waals surface area contributed by atoms with Gasteiger partial charge < -0.3 is 9.57 Å². The zero-order valence-corrected chi connectivity index (χ0v) is 9.52. The first-order valence-electron chi connectivity index (χ1n) is 4.18. The topological polar surface area (TPSA) is 62.6 Å². The van der Waals surface area contributed by atoms with Crippen molar-refractivity contribution in [2.75, 3.05) is 26.3 Å². The second-order valence-electron chi connectivity index (χ2n) is 2.80. The molecular formula is C7H12N2O3Si. The third-order valence-electron chi connectivity index (χ3n) is 1.74. The number of ether oxygens (including phenoxy) is 1. The van der Waals surface area contributed by atoms with Crippen LogP contribution in [0.4, 0.5) is 0 Å². The molecule has 0 aromatic heterocycles. The summed E-state index contributed by atoms with van der Waals surface area (Å²) >= 11 is 0. The number of carbonyl (C=O) groups excluding carboxylic acids is 1. The van der Waals surface area contributed by atoms with E-state index in [-0.39, 0.29) is 0 Å². The Bertz CT molecular complexity index is 222. The Hall–Kier alpha value is -0.903. The molecule has 0 radical (unpaired) electrons. The van der Waals surface area contributed by atoms with E-state index in [0.717, 1.165) is 0 Å². The smallest absolute Gasteiger partial charge is 0.338 e. The van der Waals surface area contributed by atoms with Gasteiger partial charge in [0.2, 0.25) is 0 Å². The molecule has 5 nitrogen and oxygen atoms in total. The van der Waals surface area contributed by atoms with E-state index in [0.29, 0.717) is 36.5 Å². The number of nitrogens with zero attached hydrogens (tertiary/aromatic N) is 2. The number of hydrogen-bond acceptors (Lipinski definition) is 5. The van der Waals surface area contributed by atoms with Gasteiger partial charge in [-0.3, -0.25) is 0 Å². The highest BCUT2D eigenvalue weighted by molar-refractivity contribution is 6.24. The molecule has 1 aliphatic heterocycles. The Morgan fingerprint density at radius 1 is 1.62 bits per heavy atom. The van der Waals surface area contributed by atoms with Gasteiger partial charge in [0.05, 0.1) is 32.4 Å². The molecule has 0 aromatic rings. The Balaban J connectivity index is 2.31. The minimum absolute atomic E-state index is 0.434. The normalized spacial score (nSPS) is 20.5. The number of morpholine rings is 1. The first-order chi connectivity index (χ1) is 6.24. The molecule has 1 heterocycles. The number of nitriles is 1. The summed E-state index contributed by atoms with van der Waals surface area (Å²) < 4.78 is 5.08. The predicted octanol–water partition coefficient (Wildman–Crippen LogP) is -1.55. The van der Waals surface area contributed by atoms with Gasteiger partial charge in [-0.25, -0.2) is 4.79 Å². The van der Waals surface area contributed by atoms with Crippen molar-refractivity contribution in [3.8, 4) is 6.07 Å². The van der Waals surface area contributed by atoms with Crippen molar-refractivity contribution in [2.45, 2.75) is 5.54 Å². The number of hydrogen-bond donors (Lipinski definition) is 0. The largest absolute Gasteiger partial charge is 0.379 e. The van der Waals surface area contributed by atoms with Crippen LogP contribution < -0.4 is 0 Å². The lowest BCUT2D eigenvalue weighted by Crippen LogP contribution is -2.38. The van der Waals surface area contributed by atoms with Crippen molar-refractivity contribution in [3.63, 3.8) is 0 Å². The summed E-state index contributed by atoms with van der Waals surface area (Å²) in [7, 11) is 0.510. The van der Waals surface area contributed by atoms with Crippen LogP contribution in [-0.2, 0) is 14.4 Å². The molecule has 1 saturated heterocycles. The van der Waals surface area contributed by atoms with Gasteiger partial charge >= 0.3 is 5.97 Å². The van der Waals surface area contributed by atoms with Gasteiger partial charge in [0, 0.05) is 10.2 Å². The van der Waals surface area contributed by atoms with Crippen molar-refractivity contribution in [1.29, 1.82) is 5.26 Å². The van der Waals surface area contributed by atoms with Gasteiger partial charge in [-0.2, -0.15) is 5.26 Å². The summed E-state index contributed by atoms with van der Waals surface area (Å²) in [6.45, 7) is 2.33. The second-order valence-corrected chi connectivity index (χ2v) is 3.96. The van der Waals surface area contributed by atoms with Crippen LogP contribution in [0.2, 0.25) is 5.54 Å². The molecule has 6 heteroatoms. The average Bonchev–Trinajstić information content (AvgIpc) is 2.18. The molecule has 13 heavy (non-hydrogen) atoms. The average molecular weight is 200 g/mol. The molecule has 1 unspecified atom stereocenters. The molecule has 0 aliphatic carbocycles. The quantitative estimate of drug-likeness (QED) is 0.505. The SMILES string of the molecule is N#CC([SiH3])C(=O)ON1CCOCC1. The van der Waals surface area contributed by atoms with Crippen LogP contribution in [0.1, 0.15) is 0 Å². The van der Waals surface area contributed by atoms with E-state index in [9.17, 15) is 4.79 Å². The molecule has 0 spiro atoms. The molecular weight excluding hydrogens is 188 g/mol. The van der Waals surface area contributed by atoms with Crippen LogP contribution in [0, 0.1) is 11.3 Å². The van der Waals surface area contributed by atoms with Crippen LogP contribution in [0.3, 0.4) is 0 Å². The first-order valence-corrected chi connectivity index (χ1v) is 5.33. The van der Waals surface area contributed by atoms with Gasteiger partial charge in [0.15, 0.2) is 0 Å². The van der Waals surface area contributed by atoms with Crippen LogP contribution in [0.25, 0.3) is 0 Å². The molecule has 1 fully saturated rings. The van der Waals surface area contributed by atoms with E-state index in [1.54, 1.807) is 5.06 Å². The van der Waals surface area contributed by atoms with Gasteiger partial charge in [-0.15, -0.1) is 5.06 Å². The number of rotatable bonds is 2. The van der Waals surface area contributed by atoms with E-state index in [1.165, 1.54) is 0 Å². The van der Waals surface area contributed by atoms with Crippen LogP contribution in [0.5, 0.6) is 0 Å². The second kappa shape index (κ2) is 4.96. The molecule has 0 N–H and O–H groups in total. The summed E-state index contributed by atoms with van der Waals surface area (Å²) in [6, 6.07) is 1.88. The number of hydroxylamine groups is 2. The monoisotopic (exact) mass is 200 g/mol. The lowest BCUT2D eigenvalue weighted by molar-refractivity contribution is -0.204. The van der Waals surface area contributed by atoms with E-state index in [4.69, 9.17) is 14.8 Å². The van der Waals surface area contributed by atoms with Gasteiger partial charge in [-0.1, -0.05) is 0 Å². The summed E-state index contributed by atoms with van der Waals surface area (Å²) in [6.07, 6.45) is 0. The molecule has 0 aromatic carbocycles.